The number of imide groups is 1. The lowest BCUT2D eigenvalue weighted by atomic mass is 10.0. The van der Waals surface area contributed by atoms with Crippen LogP contribution in [-0.2, 0) is 32.1 Å². The van der Waals surface area contributed by atoms with E-state index in [0.717, 1.165) is 30.0 Å². The highest BCUT2D eigenvalue weighted by Gasteiger charge is 2.23. The second-order valence-corrected chi connectivity index (χ2v) is 10.8. The molecule has 0 saturated carbocycles. The van der Waals surface area contributed by atoms with E-state index in [-0.39, 0.29) is 56.9 Å². The van der Waals surface area contributed by atoms with E-state index in [0.29, 0.717) is 6.54 Å². The normalized spacial score (nSPS) is 10.6. The molecule has 0 bridgehead atoms. The third kappa shape index (κ3) is 22.2. The van der Waals surface area contributed by atoms with Gasteiger partial charge in [0.05, 0.1) is 13.2 Å². The molecule has 0 radical (unpaired) electrons. The van der Waals surface area contributed by atoms with Gasteiger partial charge in [0, 0.05) is 25.6 Å². The molecule has 0 aromatic carbocycles. The molecule has 0 saturated heterocycles. The van der Waals surface area contributed by atoms with Gasteiger partial charge in [-0.2, -0.15) is 0 Å². The average Bonchev–Trinajstić information content (AvgIpc) is 2.99. The second-order valence-electron chi connectivity index (χ2n) is 10.8. The first-order chi connectivity index (χ1) is 20.5. The van der Waals surface area contributed by atoms with Crippen molar-refractivity contribution in [2.24, 2.45) is 0 Å². The third-order valence-corrected chi connectivity index (χ3v) is 7.26. The van der Waals surface area contributed by atoms with E-state index >= 15 is 0 Å². The highest BCUT2D eigenvalue weighted by molar-refractivity contribution is 5.90. The van der Waals surface area contributed by atoms with Crippen LogP contribution in [0.4, 0.5) is 9.59 Å². The van der Waals surface area contributed by atoms with Gasteiger partial charge in [-0.15, -0.1) is 0 Å². The van der Waals surface area contributed by atoms with Gasteiger partial charge in [0.2, 0.25) is 11.6 Å². The summed E-state index contributed by atoms with van der Waals surface area (Å²) in [6.45, 7) is 7.51. The quantitative estimate of drug-likeness (QED) is 0.0930. The van der Waals surface area contributed by atoms with Crippen molar-refractivity contribution in [3.05, 3.63) is 30.1 Å². The standard InChI is InChI=1S/C33H57N3O6.HI/c1-4-6-7-8-9-10-11-12-13-14-15-16-17-18-20-23-34-32(38)41-27-25-40-26-28-42-33(39)36(30(3)37)29-31-22-19-21-24-35(31)5-2;/h19,21-22,24H,4-18,20,23,25-29H2,1-3H3;1H. The number of unbranched alkanes of at least 4 members (excludes halogenated alkanes) is 14. The number of rotatable bonds is 25. The predicted octanol–water partition coefficient (Wildman–Crippen LogP) is 4.10. The first kappa shape index (κ1) is 41.0. The maximum absolute atomic E-state index is 12.4. The molecular formula is C33H58IN3O6. The number of nitrogens with zero attached hydrogens (tertiary/aromatic N) is 2. The molecule has 0 spiro atoms. The SMILES string of the molecule is CCCCCCCCCCCCCCCCCNC(=O)OCCOCCOC(=O)N(Cc1cccc[n+]1CC)C(C)=O.[I-]. The molecule has 0 aliphatic rings. The van der Waals surface area contributed by atoms with Crippen LogP contribution in [0.15, 0.2) is 24.4 Å². The summed E-state index contributed by atoms with van der Waals surface area (Å²) in [4.78, 5) is 37.3. The van der Waals surface area contributed by atoms with Crippen LogP contribution in [0.2, 0.25) is 0 Å². The number of aromatic nitrogens is 1. The van der Waals surface area contributed by atoms with Gasteiger partial charge in [0.25, 0.3) is 0 Å². The number of ether oxygens (including phenoxy) is 3. The summed E-state index contributed by atoms with van der Waals surface area (Å²) in [5.74, 6) is -0.392. The number of aryl methyl sites for hydroxylation is 1. The minimum atomic E-state index is -0.716. The van der Waals surface area contributed by atoms with Crippen molar-refractivity contribution in [3.8, 4) is 0 Å². The van der Waals surface area contributed by atoms with Gasteiger partial charge in [-0.05, 0) is 13.3 Å². The van der Waals surface area contributed by atoms with E-state index in [1.54, 1.807) is 0 Å². The fourth-order valence-corrected chi connectivity index (χ4v) is 4.73. The summed E-state index contributed by atoms with van der Waals surface area (Å²) >= 11 is 0. The molecule has 1 aromatic heterocycles. The summed E-state index contributed by atoms with van der Waals surface area (Å²) in [6, 6.07) is 5.63. The topological polar surface area (TPSA) is 98.1 Å². The molecule has 0 unspecified atom stereocenters. The van der Waals surface area contributed by atoms with Crippen LogP contribution in [0.3, 0.4) is 0 Å². The maximum atomic E-state index is 12.4. The maximum Gasteiger partial charge on any atom is 0.417 e. The molecule has 0 aliphatic heterocycles. The molecule has 0 aliphatic carbocycles. The Hall–Kier alpha value is -1.95. The fourth-order valence-electron chi connectivity index (χ4n) is 4.73. The van der Waals surface area contributed by atoms with E-state index in [1.807, 2.05) is 35.9 Å². The second kappa shape index (κ2) is 28.8. The lowest BCUT2D eigenvalue weighted by Crippen LogP contribution is -3.00. The van der Waals surface area contributed by atoms with E-state index < -0.39 is 18.1 Å². The van der Waals surface area contributed by atoms with Crippen LogP contribution in [0.5, 0.6) is 0 Å². The first-order valence-corrected chi connectivity index (χ1v) is 16.4. The van der Waals surface area contributed by atoms with Crippen molar-refractivity contribution in [2.75, 3.05) is 33.0 Å². The van der Waals surface area contributed by atoms with Crippen molar-refractivity contribution in [1.29, 1.82) is 0 Å². The summed E-state index contributed by atoms with van der Waals surface area (Å²) in [6.07, 6.45) is 20.4. The Labute approximate surface area is 277 Å². The molecule has 9 nitrogen and oxygen atoms in total. The van der Waals surface area contributed by atoms with Gasteiger partial charge >= 0.3 is 12.2 Å². The largest absolute Gasteiger partial charge is 1.00 e. The van der Waals surface area contributed by atoms with E-state index in [9.17, 15) is 14.4 Å². The number of amides is 3. The zero-order valence-electron chi connectivity index (χ0n) is 27.1. The van der Waals surface area contributed by atoms with Gasteiger partial charge in [0.1, 0.15) is 26.3 Å². The zero-order chi connectivity index (χ0) is 30.7. The number of halogens is 1. The van der Waals surface area contributed by atoms with Gasteiger partial charge in [-0.3, -0.25) is 4.79 Å². The van der Waals surface area contributed by atoms with Crippen LogP contribution in [0.1, 0.15) is 123 Å². The smallest absolute Gasteiger partial charge is 0.417 e. The van der Waals surface area contributed by atoms with E-state index in [1.165, 1.54) is 90.4 Å². The summed E-state index contributed by atoms with van der Waals surface area (Å²) in [5.41, 5.74) is 0.832. The Kier molecular flexibility index (Phi) is 27.5. The number of hydrogen-bond donors (Lipinski definition) is 1. The highest BCUT2D eigenvalue weighted by Crippen LogP contribution is 2.13. The molecule has 10 heteroatoms. The van der Waals surface area contributed by atoms with Gasteiger partial charge < -0.3 is 43.5 Å². The van der Waals surface area contributed by atoms with Crippen molar-refractivity contribution in [1.82, 2.24) is 10.2 Å². The highest BCUT2D eigenvalue weighted by atomic mass is 127. The minimum Gasteiger partial charge on any atom is -1.00 e. The van der Waals surface area contributed by atoms with Gasteiger partial charge in [-0.25, -0.2) is 19.1 Å². The first-order valence-electron chi connectivity index (χ1n) is 16.4. The predicted molar refractivity (Wildman–Crippen MR) is 165 cm³/mol. The third-order valence-electron chi connectivity index (χ3n) is 7.26. The summed E-state index contributed by atoms with van der Waals surface area (Å²) in [5, 5.41) is 2.77. The average molecular weight is 720 g/mol. The molecule has 248 valence electrons. The van der Waals surface area contributed by atoms with Crippen molar-refractivity contribution in [2.45, 2.75) is 130 Å². The molecular weight excluding hydrogens is 661 g/mol. The monoisotopic (exact) mass is 719 g/mol. The fraction of sp³-hybridized carbons (Fsp3) is 0.758. The lowest BCUT2D eigenvalue weighted by Gasteiger charge is -2.17. The molecule has 0 fully saturated rings. The lowest BCUT2D eigenvalue weighted by molar-refractivity contribution is -0.701. The molecule has 43 heavy (non-hydrogen) atoms. The minimum absolute atomic E-state index is 0. The molecule has 3 amide bonds. The van der Waals surface area contributed by atoms with Crippen molar-refractivity contribution >= 4 is 18.1 Å². The summed E-state index contributed by atoms with van der Waals surface area (Å²) in [7, 11) is 0. The zero-order valence-corrected chi connectivity index (χ0v) is 29.2. The number of carbonyl (C=O) groups is 3. The van der Waals surface area contributed by atoms with E-state index in [2.05, 4.69) is 12.2 Å². The van der Waals surface area contributed by atoms with Crippen LogP contribution in [0, 0.1) is 0 Å². The van der Waals surface area contributed by atoms with Crippen LogP contribution in [0.25, 0.3) is 0 Å². The molecule has 1 N–H and O–H groups in total. The van der Waals surface area contributed by atoms with Crippen molar-refractivity contribution < 1.29 is 57.1 Å². The molecule has 1 rings (SSSR count). The Bertz CT molecular complexity index is 858. The van der Waals surface area contributed by atoms with Gasteiger partial charge in [-0.1, -0.05) is 103 Å². The number of pyridine rings is 1. The number of hydrogen-bond acceptors (Lipinski definition) is 6. The van der Waals surface area contributed by atoms with Crippen LogP contribution < -0.4 is 33.9 Å². The van der Waals surface area contributed by atoms with Crippen LogP contribution in [-0.4, -0.2) is 56.0 Å². The number of alkyl carbamates (subject to hydrolysis) is 1. The number of carbonyl (C=O) groups excluding carboxylic acids is 3. The van der Waals surface area contributed by atoms with E-state index in [4.69, 9.17) is 14.2 Å². The Morgan fingerprint density at radius 3 is 1.81 bits per heavy atom. The van der Waals surface area contributed by atoms with Crippen LogP contribution >= 0.6 is 0 Å². The Morgan fingerprint density at radius 2 is 1.28 bits per heavy atom. The molecule has 1 heterocycles. The molecule has 0 atom stereocenters. The molecule has 1 aromatic rings. The van der Waals surface area contributed by atoms with Gasteiger partial charge in [0.15, 0.2) is 6.20 Å². The Morgan fingerprint density at radius 1 is 0.744 bits per heavy atom. The summed E-state index contributed by atoms with van der Waals surface area (Å²) < 4.78 is 17.6. The number of nitrogens with one attached hydrogen (secondary N) is 1. The Balaban J connectivity index is 0.0000176. The van der Waals surface area contributed by atoms with Crippen molar-refractivity contribution in [3.63, 3.8) is 0 Å².